The highest BCUT2D eigenvalue weighted by Crippen LogP contribution is 2.25. The third-order valence-corrected chi connectivity index (χ3v) is 3.18. The van der Waals surface area contributed by atoms with Gasteiger partial charge in [0.25, 0.3) is 0 Å². The maximum atomic E-state index is 11.2. The van der Waals surface area contributed by atoms with Gasteiger partial charge in [-0.05, 0) is 6.92 Å². The molecule has 0 bridgehead atoms. The Balaban J connectivity index is 0.00000115. The van der Waals surface area contributed by atoms with E-state index in [0.717, 1.165) is 11.3 Å². The molecule has 0 aliphatic carbocycles. The van der Waals surface area contributed by atoms with Crippen LogP contribution in [0.1, 0.15) is 34.2 Å². The van der Waals surface area contributed by atoms with Crippen LogP contribution in [0.3, 0.4) is 0 Å². The molecule has 3 nitrogen and oxygen atoms in total. The van der Waals surface area contributed by atoms with Gasteiger partial charge in [0.1, 0.15) is 0 Å². The van der Waals surface area contributed by atoms with Crippen molar-refractivity contribution in [2.45, 2.75) is 34.1 Å². The van der Waals surface area contributed by atoms with Crippen molar-refractivity contribution in [2.24, 2.45) is 0 Å². The smallest absolute Gasteiger partial charge is 0.225 e. The molecule has 4 heteroatoms. The van der Waals surface area contributed by atoms with E-state index in [4.69, 9.17) is 0 Å². The molecule has 0 fully saturated rings. The minimum atomic E-state index is -0.00481. The lowest BCUT2D eigenvalue weighted by molar-refractivity contribution is -0.115. The summed E-state index contributed by atoms with van der Waals surface area (Å²) in [5.41, 5.74) is 3.20. The predicted molar refractivity (Wildman–Crippen MR) is 84.7 cm³/mol. The number of hydrogen-bond acceptors (Lipinski definition) is 3. The SMILES string of the molecule is CC.CCC(=O)Nc1nc(-c2ccc(C)cc2)cs1.[HH]. The summed E-state index contributed by atoms with van der Waals surface area (Å²) >= 11 is 1.45. The first-order valence-corrected chi connectivity index (χ1v) is 7.39. The van der Waals surface area contributed by atoms with E-state index in [1.807, 2.05) is 38.3 Å². The van der Waals surface area contributed by atoms with Crippen LogP contribution in [0, 0.1) is 6.92 Å². The summed E-state index contributed by atoms with van der Waals surface area (Å²) in [6, 6.07) is 8.18. The molecule has 1 amide bonds. The van der Waals surface area contributed by atoms with Crippen LogP contribution >= 0.6 is 11.3 Å². The Morgan fingerprint density at radius 1 is 1.32 bits per heavy atom. The van der Waals surface area contributed by atoms with Crippen molar-refractivity contribution in [3.05, 3.63) is 35.2 Å². The molecule has 2 rings (SSSR count). The topological polar surface area (TPSA) is 42.0 Å². The predicted octanol–water partition coefficient (Wildman–Crippen LogP) is 4.74. The maximum absolute atomic E-state index is 11.2. The minimum absolute atomic E-state index is 0. The molecule has 0 saturated carbocycles. The molecule has 1 aromatic carbocycles. The van der Waals surface area contributed by atoms with E-state index < -0.39 is 0 Å². The first-order chi connectivity index (χ1) is 9.19. The largest absolute Gasteiger partial charge is 0.302 e. The first-order valence-electron chi connectivity index (χ1n) is 6.51. The Morgan fingerprint density at radius 3 is 2.53 bits per heavy atom. The van der Waals surface area contributed by atoms with Crippen LogP contribution in [-0.4, -0.2) is 10.9 Å². The number of aromatic nitrogens is 1. The molecular weight excluding hydrogens is 256 g/mol. The summed E-state index contributed by atoms with van der Waals surface area (Å²) in [6.07, 6.45) is 0.472. The summed E-state index contributed by atoms with van der Waals surface area (Å²) in [5, 5.41) is 5.38. The second kappa shape index (κ2) is 7.69. The molecule has 0 aliphatic heterocycles. The van der Waals surface area contributed by atoms with E-state index >= 15 is 0 Å². The van der Waals surface area contributed by atoms with Crippen molar-refractivity contribution in [3.8, 4) is 11.3 Å². The van der Waals surface area contributed by atoms with Crippen molar-refractivity contribution >= 4 is 22.4 Å². The molecule has 2 aromatic rings. The monoisotopic (exact) mass is 278 g/mol. The van der Waals surface area contributed by atoms with Gasteiger partial charge >= 0.3 is 0 Å². The third-order valence-electron chi connectivity index (χ3n) is 2.42. The number of hydrogen-bond donors (Lipinski definition) is 1. The lowest BCUT2D eigenvalue weighted by atomic mass is 10.1. The van der Waals surface area contributed by atoms with Gasteiger partial charge in [0.05, 0.1) is 5.69 Å². The number of rotatable bonds is 3. The van der Waals surface area contributed by atoms with Crippen LogP contribution in [0.5, 0.6) is 0 Å². The molecular formula is C15H22N2OS. The normalized spacial score (nSPS) is 9.47. The van der Waals surface area contributed by atoms with Gasteiger partial charge in [-0.1, -0.05) is 50.6 Å². The molecule has 0 aliphatic rings. The van der Waals surface area contributed by atoms with Gasteiger partial charge < -0.3 is 5.32 Å². The number of benzene rings is 1. The Hall–Kier alpha value is -1.68. The van der Waals surface area contributed by atoms with Gasteiger partial charge in [0.15, 0.2) is 5.13 Å². The maximum Gasteiger partial charge on any atom is 0.225 e. The van der Waals surface area contributed by atoms with E-state index in [-0.39, 0.29) is 7.33 Å². The van der Waals surface area contributed by atoms with Gasteiger partial charge in [-0.2, -0.15) is 0 Å². The second-order valence-electron chi connectivity index (χ2n) is 3.81. The van der Waals surface area contributed by atoms with Crippen molar-refractivity contribution in [1.82, 2.24) is 4.98 Å². The van der Waals surface area contributed by atoms with Gasteiger partial charge in [0.2, 0.25) is 5.91 Å². The zero-order valence-corrected chi connectivity index (χ0v) is 12.7. The molecule has 0 radical (unpaired) electrons. The van der Waals surface area contributed by atoms with Crippen LogP contribution in [0.25, 0.3) is 11.3 Å². The molecule has 0 saturated heterocycles. The highest BCUT2D eigenvalue weighted by atomic mass is 32.1. The number of thiazole rings is 1. The number of amides is 1. The fourth-order valence-electron chi connectivity index (χ4n) is 1.40. The van der Waals surface area contributed by atoms with Gasteiger partial charge in [0, 0.05) is 18.8 Å². The van der Waals surface area contributed by atoms with Crippen molar-refractivity contribution in [2.75, 3.05) is 5.32 Å². The van der Waals surface area contributed by atoms with Crippen LogP contribution < -0.4 is 5.32 Å². The Kier molecular flexibility index (Phi) is 6.22. The quantitative estimate of drug-likeness (QED) is 0.881. The summed E-state index contributed by atoms with van der Waals surface area (Å²) in [7, 11) is 0. The summed E-state index contributed by atoms with van der Waals surface area (Å²) in [5.74, 6) is -0.00481. The highest BCUT2D eigenvalue weighted by molar-refractivity contribution is 7.14. The van der Waals surface area contributed by atoms with Crippen LogP contribution in [0.15, 0.2) is 29.6 Å². The van der Waals surface area contributed by atoms with Gasteiger partial charge in [-0.15, -0.1) is 11.3 Å². The van der Waals surface area contributed by atoms with E-state index in [0.29, 0.717) is 11.6 Å². The number of carbonyl (C=O) groups is 1. The highest BCUT2D eigenvalue weighted by Gasteiger charge is 2.06. The minimum Gasteiger partial charge on any atom is -0.302 e. The van der Waals surface area contributed by atoms with Crippen LogP contribution in [0.2, 0.25) is 0 Å². The third kappa shape index (κ3) is 4.48. The second-order valence-corrected chi connectivity index (χ2v) is 4.66. The number of carbonyl (C=O) groups excluding carboxylic acids is 1. The molecule has 104 valence electrons. The number of nitrogens with zero attached hydrogens (tertiary/aromatic N) is 1. The zero-order valence-electron chi connectivity index (χ0n) is 11.9. The standard InChI is InChI=1S/C13H14N2OS.C2H6.H2/c1-3-12(16)15-13-14-11(8-17-13)10-6-4-9(2)5-7-10;1-2;/h4-8H,3H2,1-2H3,(H,14,15,16);1-2H3;1H. The molecule has 1 aromatic heterocycles. The molecule has 0 spiro atoms. The molecule has 1 N–H and O–H groups in total. The van der Waals surface area contributed by atoms with Crippen molar-refractivity contribution in [3.63, 3.8) is 0 Å². The number of nitrogens with one attached hydrogen (secondary N) is 1. The summed E-state index contributed by atoms with van der Waals surface area (Å²) < 4.78 is 0. The van der Waals surface area contributed by atoms with Crippen molar-refractivity contribution < 1.29 is 6.22 Å². The molecule has 0 unspecified atom stereocenters. The number of aryl methyl sites for hydroxylation is 1. The first kappa shape index (κ1) is 15.4. The summed E-state index contributed by atoms with van der Waals surface area (Å²) in [6.45, 7) is 7.88. The van der Waals surface area contributed by atoms with E-state index in [1.165, 1.54) is 16.9 Å². The zero-order chi connectivity index (χ0) is 14.3. The fourth-order valence-corrected chi connectivity index (χ4v) is 2.13. The van der Waals surface area contributed by atoms with Crippen LogP contribution in [0.4, 0.5) is 5.13 Å². The molecule has 0 atom stereocenters. The lowest BCUT2D eigenvalue weighted by Crippen LogP contribution is -2.08. The van der Waals surface area contributed by atoms with Gasteiger partial charge in [-0.25, -0.2) is 4.98 Å². The number of anilines is 1. The lowest BCUT2D eigenvalue weighted by Gasteiger charge is -1.98. The Labute approximate surface area is 120 Å². The summed E-state index contributed by atoms with van der Waals surface area (Å²) in [4.78, 5) is 15.6. The Morgan fingerprint density at radius 2 is 1.95 bits per heavy atom. The van der Waals surface area contributed by atoms with Crippen LogP contribution in [-0.2, 0) is 4.79 Å². The fraction of sp³-hybridized carbons (Fsp3) is 0.333. The van der Waals surface area contributed by atoms with Gasteiger partial charge in [-0.3, -0.25) is 4.79 Å². The van der Waals surface area contributed by atoms with E-state index in [9.17, 15) is 4.79 Å². The average molecular weight is 278 g/mol. The molecule has 19 heavy (non-hydrogen) atoms. The Bertz CT molecular complexity index is 523. The van der Waals surface area contributed by atoms with Crippen molar-refractivity contribution in [1.29, 1.82) is 0 Å². The van der Waals surface area contributed by atoms with E-state index in [2.05, 4.69) is 29.4 Å². The average Bonchev–Trinajstić information content (AvgIpc) is 2.90. The molecule has 1 heterocycles. The van der Waals surface area contributed by atoms with E-state index in [1.54, 1.807) is 0 Å².